The lowest BCUT2D eigenvalue weighted by molar-refractivity contribution is -0.137. The number of anilines is 1. The molecule has 1 aromatic heterocycles. The van der Waals surface area contributed by atoms with Gasteiger partial charge in [-0.25, -0.2) is 22.2 Å². The number of rotatable bonds is 5. The number of nitrogens with one attached hydrogen (secondary N) is 1. The molecule has 0 unspecified atom stereocenters. The van der Waals surface area contributed by atoms with Crippen LogP contribution in [0.1, 0.15) is 24.1 Å². The fraction of sp³-hybridized carbons (Fsp3) is 0.167. The third-order valence-electron chi connectivity index (χ3n) is 4.04. The van der Waals surface area contributed by atoms with Crippen molar-refractivity contribution in [3.63, 3.8) is 0 Å². The second-order valence-electron chi connectivity index (χ2n) is 6.04. The van der Waals surface area contributed by atoms with E-state index in [1.54, 1.807) is 0 Å². The van der Waals surface area contributed by atoms with Gasteiger partial charge in [-0.3, -0.25) is 0 Å². The average molecular weight is 448 g/mol. The topological polar surface area (TPSA) is 59.1 Å². The van der Waals surface area contributed by atoms with Gasteiger partial charge in [0.05, 0.1) is 16.5 Å². The van der Waals surface area contributed by atoms with Crippen molar-refractivity contribution in [2.75, 3.05) is 5.32 Å². The van der Waals surface area contributed by atoms with Crippen molar-refractivity contribution < 1.29 is 30.4 Å². The number of benzene rings is 2. The third-order valence-corrected chi connectivity index (χ3v) is 6.99. The van der Waals surface area contributed by atoms with Gasteiger partial charge >= 0.3 is 6.18 Å². The molecule has 0 aliphatic carbocycles. The second kappa shape index (κ2) is 7.71. The maximum Gasteiger partial charge on any atom is 0.418 e. The van der Waals surface area contributed by atoms with Gasteiger partial charge in [0.15, 0.2) is 0 Å². The van der Waals surface area contributed by atoms with Crippen LogP contribution in [0.25, 0.3) is 0 Å². The van der Waals surface area contributed by atoms with E-state index in [4.69, 9.17) is 0 Å². The Balaban J connectivity index is 2.03. The molecular weight excluding hydrogens is 435 g/mol. The second-order valence-corrected chi connectivity index (χ2v) is 9.06. The van der Waals surface area contributed by atoms with Crippen LogP contribution < -0.4 is 5.32 Å². The van der Waals surface area contributed by atoms with Crippen LogP contribution in [0.3, 0.4) is 0 Å². The predicted octanol–water partition coefficient (Wildman–Crippen LogP) is 5.45. The summed E-state index contributed by atoms with van der Waals surface area (Å²) in [7, 11) is -4.22. The summed E-state index contributed by atoms with van der Waals surface area (Å²) >= 11 is 0.780. The molecule has 4 nitrogen and oxygen atoms in total. The summed E-state index contributed by atoms with van der Waals surface area (Å²) in [6.07, 6.45) is -3.66. The molecule has 0 saturated heterocycles. The summed E-state index contributed by atoms with van der Waals surface area (Å²) in [6.45, 7) is 1.36. The van der Waals surface area contributed by atoms with Gasteiger partial charge in [-0.1, -0.05) is 0 Å². The van der Waals surface area contributed by atoms with Crippen molar-refractivity contribution in [1.29, 1.82) is 0 Å². The number of alkyl halides is 3. The molecule has 0 amide bonds. The van der Waals surface area contributed by atoms with Gasteiger partial charge < -0.3 is 5.32 Å². The molecule has 1 atom stereocenters. The minimum atomic E-state index is -4.89. The number of aromatic nitrogens is 1. The molecule has 3 aromatic rings. The smallest absolute Gasteiger partial charge is 0.378 e. The van der Waals surface area contributed by atoms with Crippen LogP contribution in [0, 0.1) is 11.6 Å². The maximum atomic E-state index is 13.9. The van der Waals surface area contributed by atoms with E-state index in [0.717, 1.165) is 41.7 Å². The average Bonchev–Trinajstić information content (AvgIpc) is 3.18. The lowest BCUT2D eigenvalue weighted by Gasteiger charge is -2.21. The van der Waals surface area contributed by atoms with Crippen LogP contribution in [0.4, 0.5) is 27.6 Å². The highest BCUT2D eigenvalue weighted by Crippen LogP contribution is 2.39. The Morgan fingerprint density at radius 2 is 1.83 bits per heavy atom. The van der Waals surface area contributed by atoms with Crippen LogP contribution in [-0.4, -0.2) is 13.4 Å². The maximum absolute atomic E-state index is 13.9. The first-order valence-corrected chi connectivity index (χ1v) is 10.4. The minimum Gasteiger partial charge on any atom is -0.378 e. The number of thiazole rings is 1. The first-order valence-electron chi connectivity index (χ1n) is 8.07. The van der Waals surface area contributed by atoms with Crippen molar-refractivity contribution >= 4 is 26.9 Å². The molecule has 0 fully saturated rings. The standard InChI is InChI=1S/C18H13F5N2O2S2/c1-10(13-8-11(19)2-4-15(13)20)25-16-5-3-12(9-14(16)18(21,22)23)29(26,27)17-24-6-7-28-17/h2-10,25H,1H3/t10-/m0/s1. The molecule has 0 aliphatic rings. The van der Waals surface area contributed by atoms with Crippen molar-refractivity contribution in [3.8, 4) is 0 Å². The molecule has 1 N–H and O–H groups in total. The Kier molecular flexibility index (Phi) is 5.63. The van der Waals surface area contributed by atoms with Gasteiger partial charge in [-0.2, -0.15) is 13.2 Å². The molecule has 0 saturated carbocycles. The van der Waals surface area contributed by atoms with E-state index in [1.165, 1.54) is 18.5 Å². The molecule has 0 spiro atoms. The fourth-order valence-electron chi connectivity index (χ4n) is 2.65. The van der Waals surface area contributed by atoms with Crippen LogP contribution in [0.15, 0.2) is 57.2 Å². The molecule has 2 aromatic carbocycles. The summed E-state index contributed by atoms with van der Waals surface area (Å²) < 4.78 is 92.7. The molecule has 3 rings (SSSR count). The van der Waals surface area contributed by atoms with E-state index < -0.39 is 49.8 Å². The Hall–Kier alpha value is -2.53. The van der Waals surface area contributed by atoms with Crippen molar-refractivity contribution in [2.24, 2.45) is 0 Å². The lowest BCUT2D eigenvalue weighted by Crippen LogP contribution is -2.15. The van der Waals surface area contributed by atoms with E-state index in [-0.39, 0.29) is 9.90 Å². The van der Waals surface area contributed by atoms with Crippen molar-refractivity contribution in [1.82, 2.24) is 4.98 Å². The summed E-state index contributed by atoms with van der Waals surface area (Å²) in [5.41, 5.74) is -1.89. The molecule has 11 heteroatoms. The summed E-state index contributed by atoms with van der Waals surface area (Å²) in [6, 6.07) is 4.06. The number of hydrogen-bond donors (Lipinski definition) is 1. The highest BCUT2D eigenvalue weighted by Gasteiger charge is 2.36. The largest absolute Gasteiger partial charge is 0.418 e. The highest BCUT2D eigenvalue weighted by atomic mass is 32.2. The molecule has 1 heterocycles. The molecule has 0 bridgehead atoms. The zero-order chi connectivity index (χ0) is 21.4. The van der Waals surface area contributed by atoms with E-state index >= 15 is 0 Å². The van der Waals surface area contributed by atoms with Crippen molar-refractivity contribution in [2.45, 2.75) is 28.4 Å². The van der Waals surface area contributed by atoms with Crippen LogP contribution >= 0.6 is 11.3 Å². The molecule has 0 radical (unpaired) electrons. The first kappa shape index (κ1) is 21.2. The van der Waals surface area contributed by atoms with E-state index in [9.17, 15) is 30.4 Å². The van der Waals surface area contributed by atoms with Gasteiger partial charge in [0.2, 0.25) is 14.2 Å². The first-order chi connectivity index (χ1) is 13.5. The Bertz CT molecular complexity index is 1130. The lowest BCUT2D eigenvalue weighted by atomic mass is 10.1. The van der Waals surface area contributed by atoms with Gasteiger partial charge in [0.25, 0.3) is 0 Å². The van der Waals surface area contributed by atoms with E-state index in [0.29, 0.717) is 6.07 Å². The van der Waals surface area contributed by atoms with Crippen molar-refractivity contribution in [3.05, 3.63) is 70.7 Å². The fourth-order valence-corrected chi connectivity index (χ4v) is 4.90. The van der Waals surface area contributed by atoms with Crippen LogP contribution in [0.2, 0.25) is 0 Å². The number of hydrogen-bond acceptors (Lipinski definition) is 5. The van der Waals surface area contributed by atoms with Gasteiger partial charge in [-0.05, 0) is 43.3 Å². The van der Waals surface area contributed by atoms with Crippen LogP contribution in [-0.2, 0) is 16.0 Å². The molecule has 154 valence electrons. The predicted molar refractivity (Wildman–Crippen MR) is 97.4 cm³/mol. The summed E-state index contributed by atoms with van der Waals surface area (Å²) in [5.74, 6) is -1.53. The Labute approximate surface area is 167 Å². The summed E-state index contributed by atoms with van der Waals surface area (Å²) in [5, 5.41) is 3.87. The Morgan fingerprint density at radius 3 is 2.45 bits per heavy atom. The van der Waals surface area contributed by atoms with E-state index in [1.807, 2.05) is 0 Å². The number of halogens is 5. The third kappa shape index (κ3) is 4.40. The monoisotopic (exact) mass is 448 g/mol. The van der Waals surface area contributed by atoms with Gasteiger partial charge in [0, 0.05) is 22.8 Å². The highest BCUT2D eigenvalue weighted by molar-refractivity contribution is 7.93. The number of sulfone groups is 1. The Morgan fingerprint density at radius 1 is 1.10 bits per heavy atom. The quantitative estimate of drug-likeness (QED) is 0.528. The molecular formula is C18H13F5N2O2S2. The van der Waals surface area contributed by atoms with Gasteiger partial charge in [-0.15, -0.1) is 11.3 Å². The van der Waals surface area contributed by atoms with Crippen LogP contribution in [0.5, 0.6) is 0 Å². The zero-order valence-electron chi connectivity index (χ0n) is 14.7. The van der Waals surface area contributed by atoms with E-state index in [2.05, 4.69) is 10.3 Å². The molecule has 29 heavy (non-hydrogen) atoms. The normalized spacial score (nSPS) is 13.3. The summed E-state index contributed by atoms with van der Waals surface area (Å²) in [4.78, 5) is 3.07. The molecule has 0 aliphatic heterocycles. The number of nitrogens with zero attached hydrogens (tertiary/aromatic N) is 1. The minimum absolute atomic E-state index is 0.169. The zero-order valence-corrected chi connectivity index (χ0v) is 16.3. The SMILES string of the molecule is C[C@H](Nc1ccc(S(=O)(=O)c2nccs2)cc1C(F)(F)F)c1cc(F)ccc1F. The van der Waals surface area contributed by atoms with Gasteiger partial charge in [0.1, 0.15) is 11.6 Å².